The largest absolute Gasteiger partial charge is 0.300 e. The van der Waals surface area contributed by atoms with Crippen molar-refractivity contribution >= 4 is 38.1 Å². The Kier molecular flexibility index (Phi) is 6.34. The summed E-state index contributed by atoms with van der Waals surface area (Å²) in [6, 6.07) is 4.47. The van der Waals surface area contributed by atoms with E-state index in [1.165, 1.54) is 11.3 Å². The maximum atomic E-state index is 12.1. The Morgan fingerprint density at radius 3 is 2.46 bits per heavy atom. The zero-order valence-electron chi connectivity index (χ0n) is 14.0. The number of nitrogens with one attached hydrogen (secondary N) is 2. The molecule has 1 aromatic carbocycles. The van der Waals surface area contributed by atoms with Gasteiger partial charge < -0.3 is 5.32 Å². The first kappa shape index (κ1) is 19.9. The second-order valence-electron chi connectivity index (χ2n) is 5.55. The van der Waals surface area contributed by atoms with Crippen LogP contribution in [-0.4, -0.2) is 36.0 Å². The number of nitro benzene ring substituents is 1. The zero-order valence-corrected chi connectivity index (χ0v) is 15.6. The predicted octanol–water partition coefficient (Wildman–Crippen LogP) is 1.88. The third-order valence-electron chi connectivity index (χ3n) is 3.18. The number of aromatic nitrogens is 2. The number of sulfonamides is 1. The monoisotopic (exact) mass is 399 g/mol. The lowest BCUT2D eigenvalue weighted by Crippen LogP contribution is -2.27. The molecule has 12 heteroatoms. The van der Waals surface area contributed by atoms with Crippen LogP contribution in [0.4, 0.5) is 10.8 Å². The summed E-state index contributed by atoms with van der Waals surface area (Å²) < 4.78 is 26.5. The number of nitro groups is 1. The standard InChI is InChI=1S/C14H17N5O5S2/c1-9(2)13-17-18-14(25-13)16-12(20)7-8-15-26(23,24)11-5-3-10(4-6-11)19(21)22/h3-6,9,15H,7-8H2,1-2H3,(H,16,18,20). The molecule has 140 valence electrons. The molecule has 0 saturated heterocycles. The van der Waals surface area contributed by atoms with E-state index in [9.17, 15) is 23.3 Å². The van der Waals surface area contributed by atoms with Crippen molar-refractivity contribution in [1.29, 1.82) is 0 Å². The highest BCUT2D eigenvalue weighted by Gasteiger charge is 2.16. The lowest BCUT2D eigenvalue weighted by molar-refractivity contribution is -0.384. The van der Waals surface area contributed by atoms with Crippen molar-refractivity contribution in [2.24, 2.45) is 0 Å². The zero-order chi connectivity index (χ0) is 19.3. The Morgan fingerprint density at radius 1 is 1.27 bits per heavy atom. The summed E-state index contributed by atoms with van der Waals surface area (Å²) in [6.07, 6.45) is -0.0944. The Bertz CT molecular complexity index is 893. The van der Waals surface area contributed by atoms with Gasteiger partial charge in [0, 0.05) is 31.0 Å². The van der Waals surface area contributed by atoms with Gasteiger partial charge in [0.15, 0.2) is 0 Å². The molecule has 0 radical (unpaired) electrons. The number of amides is 1. The number of non-ortho nitro benzene ring substituents is 1. The van der Waals surface area contributed by atoms with Crippen LogP contribution in [0.2, 0.25) is 0 Å². The van der Waals surface area contributed by atoms with E-state index in [1.54, 1.807) is 0 Å². The van der Waals surface area contributed by atoms with Crippen molar-refractivity contribution in [2.75, 3.05) is 11.9 Å². The van der Waals surface area contributed by atoms with Crippen LogP contribution in [0.25, 0.3) is 0 Å². The summed E-state index contributed by atoms with van der Waals surface area (Å²) in [5.41, 5.74) is -0.207. The van der Waals surface area contributed by atoms with Crippen LogP contribution in [0.15, 0.2) is 29.2 Å². The summed E-state index contributed by atoms with van der Waals surface area (Å²) in [5, 5.41) is 22.1. The van der Waals surface area contributed by atoms with Gasteiger partial charge in [0.25, 0.3) is 5.69 Å². The average molecular weight is 399 g/mol. The molecule has 0 bridgehead atoms. The van der Waals surface area contributed by atoms with E-state index in [4.69, 9.17) is 0 Å². The number of nitrogens with zero attached hydrogens (tertiary/aromatic N) is 3. The van der Waals surface area contributed by atoms with E-state index < -0.39 is 20.9 Å². The third-order valence-corrected chi connectivity index (χ3v) is 5.80. The van der Waals surface area contributed by atoms with Crippen molar-refractivity contribution in [3.63, 3.8) is 0 Å². The molecule has 10 nitrogen and oxygen atoms in total. The number of hydrogen-bond acceptors (Lipinski definition) is 8. The molecule has 1 amide bonds. The number of rotatable bonds is 8. The van der Waals surface area contributed by atoms with Gasteiger partial charge in [0.1, 0.15) is 5.01 Å². The quantitative estimate of drug-likeness (QED) is 0.509. The van der Waals surface area contributed by atoms with Gasteiger partial charge in [-0.2, -0.15) is 0 Å². The van der Waals surface area contributed by atoms with Gasteiger partial charge in [-0.3, -0.25) is 14.9 Å². The molecule has 0 saturated carbocycles. The fourth-order valence-corrected chi connectivity index (χ4v) is 3.62. The first-order valence-corrected chi connectivity index (χ1v) is 9.86. The summed E-state index contributed by atoms with van der Waals surface area (Å²) >= 11 is 1.26. The Hall–Kier alpha value is -2.44. The highest BCUT2D eigenvalue weighted by Crippen LogP contribution is 2.22. The number of carbonyl (C=O) groups excluding carboxylic acids is 1. The normalized spacial score (nSPS) is 11.5. The van der Waals surface area contributed by atoms with Gasteiger partial charge in [0.2, 0.25) is 21.1 Å². The molecular weight excluding hydrogens is 382 g/mol. The summed E-state index contributed by atoms with van der Waals surface area (Å²) in [5.74, 6) is -0.200. The molecule has 1 aromatic heterocycles. The maximum absolute atomic E-state index is 12.1. The van der Waals surface area contributed by atoms with Gasteiger partial charge >= 0.3 is 0 Å². The lowest BCUT2D eigenvalue weighted by atomic mass is 10.2. The first-order valence-electron chi connectivity index (χ1n) is 7.56. The van der Waals surface area contributed by atoms with Crippen molar-refractivity contribution in [3.05, 3.63) is 39.4 Å². The minimum atomic E-state index is -3.86. The van der Waals surface area contributed by atoms with Crippen molar-refractivity contribution in [1.82, 2.24) is 14.9 Å². The Labute approximate surface area is 153 Å². The van der Waals surface area contributed by atoms with Crippen LogP contribution in [0.5, 0.6) is 0 Å². The van der Waals surface area contributed by atoms with Gasteiger partial charge in [0.05, 0.1) is 9.82 Å². The van der Waals surface area contributed by atoms with Crippen LogP contribution < -0.4 is 10.0 Å². The SMILES string of the molecule is CC(C)c1nnc(NC(=O)CCNS(=O)(=O)c2ccc([N+](=O)[O-])cc2)s1. The lowest BCUT2D eigenvalue weighted by Gasteiger charge is -2.06. The summed E-state index contributed by atoms with van der Waals surface area (Å²) in [6.45, 7) is 3.79. The second kappa shape index (κ2) is 8.29. The highest BCUT2D eigenvalue weighted by atomic mass is 32.2. The first-order chi connectivity index (χ1) is 12.2. The maximum Gasteiger partial charge on any atom is 0.269 e. The molecular formula is C14H17N5O5S2. The van der Waals surface area contributed by atoms with Crippen LogP contribution >= 0.6 is 11.3 Å². The molecule has 0 aliphatic carbocycles. The molecule has 0 spiro atoms. The molecule has 2 aromatic rings. The summed E-state index contributed by atoms with van der Waals surface area (Å²) in [4.78, 5) is 21.7. The highest BCUT2D eigenvalue weighted by molar-refractivity contribution is 7.89. The van der Waals surface area contributed by atoms with Crippen molar-refractivity contribution in [3.8, 4) is 0 Å². The van der Waals surface area contributed by atoms with Gasteiger partial charge in [-0.05, 0) is 12.1 Å². The summed E-state index contributed by atoms with van der Waals surface area (Å²) in [7, 11) is -3.86. The van der Waals surface area contributed by atoms with Crippen molar-refractivity contribution in [2.45, 2.75) is 31.1 Å². The van der Waals surface area contributed by atoms with Crippen molar-refractivity contribution < 1.29 is 18.1 Å². The molecule has 2 N–H and O–H groups in total. The van der Waals surface area contributed by atoms with Gasteiger partial charge in [-0.1, -0.05) is 25.2 Å². The van der Waals surface area contributed by atoms with E-state index in [2.05, 4.69) is 20.2 Å². The van der Waals surface area contributed by atoms with E-state index in [1.807, 2.05) is 13.8 Å². The van der Waals surface area contributed by atoms with Crippen LogP contribution in [0, 0.1) is 10.1 Å². The molecule has 1 heterocycles. The number of carbonyl (C=O) groups is 1. The molecule has 0 unspecified atom stereocenters. The van der Waals surface area contributed by atoms with Gasteiger partial charge in [-0.15, -0.1) is 10.2 Å². The molecule has 0 aliphatic heterocycles. The molecule has 26 heavy (non-hydrogen) atoms. The molecule has 2 rings (SSSR count). The van der Waals surface area contributed by atoms with Crippen LogP contribution in [0.1, 0.15) is 31.2 Å². The van der Waals surface area contributed by atoms with Crippen LogP contribution in [-0.2, 0) is 14.8 Å². The topological polar surface area (TPSA) is 144 Å². The number of benzene rings is 1. The van der Waals surface area contributed by atoms with Crippen LogP contribution in [0.3, 0.4) is 0 Å². The van der Waals surface area contributed by atoms with E-state index >= 15 is 0 Å². The van der Waals surface area contributed by atoms with Gasteiger partial charge in [-0.25, -0.2) is 13.1 Å². The van der Waals surface area contributed by atoms with E-state index in [0.29, 0.717) is 5.13 Å². The van der Waals surface area contributed by atoms with E-state index in [-0.39, 0.29) is 29.5 Å². The Balaban J connectivity index is 1.87. The molecule has 0 aliphatic rings. The predicted molar refractivity (Wildman–Crippen MR) is 95.5 cm³/mol. The number of hydrogen-bond donors (Lipinski definition) is 2. The fourth-order valence-electron chi connectivity index (χ4n) is 1.83. The average Bonchev–Trinajstić information content (AvgIpc) is 3.03. The minimum absolute atomic E-state index is 0.0944. The number of anilines is 1. The minimum Gasteiger partial charge on any atom is -0.300 e. The smallest absolute Gasteiger partial charge is 0.269 e. The van der Waals surface area contributed by atoms with E-state index in [0.717, 1.165) is 29.3 Å². The fraction of sp³-hybridized carbons (Fsp3) is 0.357. The Morgan fingerprint density at radius 2 is 1.92 bits per heavy atom. The second-order valence-corrected chi connectivity index (χ2v) is 8.32. The third kappa shape index (κ3) is 5.28. The molecule has 0 fully saturated rings. The molecule has 0 atom stereocenters.